The van der Waals surface area contributed by atoms with E-state index in [1.165, 1.54) is 185 Å². The third-order valence-electron chi connectivity index (χ3n) is 21.6. The Morgan fingerprint density at radius 1 is 0.481 bits per heavy atom. The maximum Gasteiger partial charge on any atom is 0.343 e. The first-order valence-corrected chi connectivity index (χ1v) is 31.2. The van der Waals surface area contributed by atoms with Crippen molar-refractivity contribution in [3.63, 3.8) is 0 Å². The van der Waals surface area contributed by atoms with Crippen LogP contribution in [0.3, 0.4) is 0 Å². The molecular weight excluding hydrogens is 968 g/mol. The molecule has 0 radical (unpaired) electrons. The monoisotopic (exact) mass is 1030 g/mol. The summed E-state index contributed by atoms with van der Waals surface area (Å²) in [5.74, 6) is 5.38. The first-order valence-electron chi connectivity index (χ1n) is 29.6. The summed E-state index contributed by atoms with van der Waals surface area (Å²) in [7, 11) is 0. The fourth-order valence-electron chi connectivity index (χ4n) is 19.2. The fraction of sp³-hybridized carbons (Fsp3) is 0.333. The molecule has 2 nitrogen and oxygen atoms in total. The van der Waals surface area contributed by atoms with Crippen LogP contribution >= 0.6 is 22.7 Å². The lowest BCUT2D eigenvalue weighted by atomic mass is 9.46. The van der Waals surface area contributed by atoms with Crippen LogP contribution in [-0.2, 0) is 16.2 Å². The molecule has 8 bridgehead atoms. The van der Waals surface area contributed by atoms with E-state index in [0.29, 0.717) is 5.41 Å². The van der Waals surface area contributed by atoms with Crippen LogP contribution in [0, 0.1) is 35.5 Å². The minimum atomic E-state index is -0.0429. The molecule has 0 atom stereocenters. The molecule has 8 fully saturated rings. The van der Waals surface area contributed by atoms with Gasteiger partial charge in [-0.15, -0.1) is 22.7 Å². The molecule has 8 saturated carbocycles. The van der Waals surface area contributed by atoms with Gasteiger partial charge in [-0.2, -0.15) is 0 Å². The van der Waals surface area contributed by atoms with Crippen molar-refractivity contribution >= 4 is 109 Å². The van der Waals surface area contributed by atoms with Gasteiger partial charge in [-0.3, -0.25) is 0 Å². The summed E-state index contributed by atoms with van der Waals surface area (Å²) in [6.07, 6.45) is 17.0. The molecule has 5 heteroatoms. The number of hydrogen-bond donors (Lipinski definition) is 0. The number of benzene rings is 8. The van der Waals surface area contributed by atoms with Gasteiger partial charge in [0, 0.05) is 68.8 Å². The van der Waals surface area contributed by atoms with Crippen LogP contribution in [0.15, 0.2) is 158 Å². The molecule has 8 aliphatic carbocycles. The Hall–Kier alpha value is -6.14. The molecule has 10 aromatic rings. The van der Waals surface area contributed by atoms with Crippen LogP contribution in [0.5, 0.6) is 0 Å². The third-order valence-corrected chi connectivity index (χ3v) is 24.0. The first kappa shape index (κ1) is 44.8. The van der Waals surface area contributed by atoms with Crippen LogP contribution in [-0.4, -0.2) is 6.85 Å². The van der Waals surface area contributed by atoms with E-state index < -0.39 is 0 Å². The lowest BCUT2D eigenvalue weighted by molar-refractivity contribution is -0.00528. The van der Waals surface area contributed by atoms with E-state index in [1.54, 1.807) is 11.1 Å². The zero-order valence-electron chi connectivity index (χ0n) is 44.7. The number of thiophene rings is 2. The number of anilines is 5. The lowest BCUT2D eigenvalue weighted by Gasteiger charge is -2.57. The molecule has 20 rings (SSSR count). The van der Waals surface area contributed by atoms with Crippen molar-refractivity contribution in [3.05, 3.63) is 174 Å². The number of hydrogen-bond acceptors (Lipinski definition) is 4. The highest BCUT2D eigenvalue weighted by Gasteiger charge is 2.55. The highest BCUT2D eigenvalue weighted by Crippen LogP contribution is 2.64. The molecule has 0 amide bonds. The Morgan fingerprint density at radius 3 is 1.75 bits per heavy atom. The van der Waals surface area contributed by atoms with Gasteiger partial charge in [0.25, 0.3) is 0 Å². The molecule has 2 aromatic heterocycles. The summed E-state index contributed by atoms with van der Waals surface area (Å²) >= 11 is 4.08. The third kappa shape index (κ3) is 6.42. The molecule has 8 aromatic carbocycles. The largest absolute Gasteiger partial charge is 0.376 e. The Kier molecular flexibility index (Phi) is 9.19. The van der Waals surface area contributed by atoms with Gasteiger partial charge < -0.3 is 9.71 Å². The smallest absolute Gasteiger partial charge is 0.343 e. The van der Waals surface area contributed by atoms with Crippen molar-refractivity contribution in [2.45, 2.75) is 114 Å². The van der Waals surface area contributed by atoms with Crippen molar-refractivity contribution in [1.82, 2.24) is 0 Å². The fourth-order valence-corrected chi connectivity index (χ4v) is 21.8. The standard InChI is InChI=1S/C72H65BN2S2/c1-70(2,3)52-19-23-60(56(33-52)48-11-5-4-6-12-48)74-62-35-57-55-15-9-10-16-63(55)76-68(57)65-58-34-53(72-39-45-28-46(40-72)30-47(29-45)41-72)20-24-61(58)75(54-21-17-51(18-22-54)71-36-42-25-43(37-71)27-44(26-42)38-71)73(66(62)65)69-67(74)59-31-49-13-7-8-14-50(49)32-64(59)77-69/h4-24,31-35,42-47H,25-30,36-41H2,1-3H3. The van der Waals surface area contributed by atoms with E-state index >= 15 is 0 Å². The molecule has 4 heterocycles. The van der Waals surface area contributed by atoms with Crippen LogP contribution in [0.4, 0.5) is 28.4 Å². The Bertz CT molecular complexity index is 4060. The molecule has 0 unspecified atom stereocenters. The van der Waals surface area contributed by atoms with Crippen molar-refractivity contribution in [2.75, 3.05) is 9.71 Å². The Labute approximate surface area is 462 Å². The lowest BCUT2D eigenvalue weighted by Crippen LogP contribution is -2.60. The van der Waals surface area contributed by atoms with E-state index in [4.69, 9.17) is 0 Å². The second-order valence-electron chi connectivity index (χ2n) is 27.3. The molecule has 10 aliphatic rings. The number of nitrogens with zero attached hydrogens (tertiary/aromatic N) is 2. The quantitative estimate of drug-likeness (QED) is 0.159. The molecular formula is C72H65BN2S2. The molecule has 378 valence electrons. The van der Waals surface area contributed by atoms with Crippen molar-refractivity contribution < 1.29 is 0 Å². The SMILES string of the molecule is CC(C)(C)c1ccc(N2c3cc4c(sc5ccccc54)c4c3B(c3sc5cc6ccccc6cc5c32)N(c2ccc(C35CC6CC(CC(C6)C3)C5)cc2)c2ccc(C35CC6CC(CC(C6)C3)C5)cc2-4)c(-c2ccccc2)c1. The minimum absolute atomic E-state index is 0.0221. The van der Waals surface area contributed by atoms with Gasteiger partial charge >= 0.3 is 6.85 Å². The van der Waals surface area contributed by atoms with Gasteiger partial charge in [-0.05, 0) is 228 Å². The summed E-state index contributed by atoms with van der Waals surface area (Å²) < 4.78 is 5.60. The maximum absolute atomic E-state index is 2.86. The van der Waals surface area contributed by atoms with Crippen molar-refractivity contribution in [2.24, 2.45) is 35.5 Å². The summed E-state index contributed by atoms with van der Waals surface area (Å²) in [5, 5.41) is 6.68. The van der Waals surface area contributed by atoms with E-state index in [9.17, 15) is 0 Å². The minimum Gasteiger partial charge on any atom is -0.376 e. The number of rotatable bonds is 5. The van der Waals surface area contributed by atoms with Gasteiger partial charge in [-0.1, -0.05) is 118 Å². The Morgan fingerprint density at radius 2 is 1.08 bits per heavy atom. The van der Waals surface area contributed by atoms with E-state index in [-0.39, 0.29) is 17.7 Å². The summed E-state index contributed by atoms with van der Waals surface area (Å²) in [6, 6.07) is 63.3. The van der Waals surface area contributed by atoms with E-state index in [0.717, 1.165) is 35.5 Å². The van der Waals surface area contributed by atoms with Gasteiger partial charge in [0.15, 0.2) is 0 Å². The summed E-state index contributed by atoms with van der Waals surface area (Å²) in [6.45, 7) is 7.05. The first-order chi connectivity index (χ1) is 37.6. The second kappa shape index (κ2) is 15.8. The summed E-state index contributed by atoms with van der Waals surface area (Å²) in [4.78, 5) is 5.64. The van der Waals surface area contributed by atoms with Crippen LogP contribution in [0.1, 0.15) is 115 Å². The Balaban J connectivity index is 0.953. The second-order valence-corrected chi connectivity index (χ2v) is 29.4. The van der Waals surface area contributed by atoms with Crippen LogP contribution < -0.4 is 20.0 Å². The van der Waals surface area contributed by atoms with Crippen molar-refractivity contribution in [3.8, 4) is 22.3 Å². The van der Waals surface area contributed by atoms with Gasteiger partial charge in [0.1, 0.15) is 0 Å². The zero-order chi connectivity index (χ0) is 50.7. The van der Waals surface area contributed by atoms with Crippen LogP contribution in [0.25, 0.3) is 63.3 Å². The van der Waals surface area contributed by atoms with Gasteiger partial charge in [-0.25, -0.2) is 0 Å². The maximum atomic E-state index is 2.86. The van der Waals surface area contributed by atoms with Crippen molar-refractivity contribution in [1.29, 1.82) is 0 Å². The van der Waals surface area contributed by atoms with E-state index in [2.05, 4.69) is 188 Å². The highest BCUT2D eigenvalue weighted by atomic mass is 32.1. The molecule has 0 saturated heterocycles. The molecule has 77 heavy (non-hydrogen) atoms. The predicted molar refractivity (Wildman–Crippen MR) is 330 cm³/mol. The highest BCUT2D eigenvalue weighted by molar-refractivity contribution is 7.33. The number of fused-ring (bicyclic) bond motifs is 11. The van der Waals surface area contributed by atoms with Gasteiger partial charge in [0.2, 0.25) is 0 Å². The summed E-state index contributed by atoms with van der Waals surface area (Å²) in [5.41, 5.74) is 18.7. The molecule has 0 spiro atoms. The van der Waals surface area contributed by atoms with Gasteiger partial charge in [0.05, 0.1) is 11.4 Å². The topological polar surface area (TPSA) is 6.48 Å². The average Bonchev–Trinajstić information content (AvgIpc) is 4.10. The molecule has 0 N–H and O–H groups in total. The zero-order valence-corrected chi connectivity index (χ0v) is 46.4. The average molecular weight is 1030 g/mol. The molecule has 2 aliphatic heterocycles. The normalized spacial score (nSPS) is 27.3. The van der Waals surface area contributed by atoms with Crippen LogP contribution in [0.2, 0.25) is 0 Å². The van der Waals surface area contributed by atoms with E-state index in [1.807, 2.05) is 22.7 Å². The predicted octanol–water partition coefficient (Wildman–Crippen LogP) is 19.0.